The van der Waals surface area contributed by atoms with Crippen molar-refractivity contribution in [2.75, 3.05) is 0 Å². The van der Waals surface area contributed by atoms with Crippen LogP contribution in [-0.4, -0.2) is 0 Å². The number of rotatable bonds is 7. The Hall–Kier alpha value is -0.260. The summed E-state index contributed by atoms with van der Waals surface area (Å²) in [6.07, 6.45) is 8.61. The van der Waals surface area contributed by atoms with Crippen molar-refractivity contribution in [3.8, 4) is 0 Å². The maximum absolute atomic E-state index is 3.78. The molecule has 0 saturated carbocycles. The third-order valence-electron chi connectivity index (χ3n) is 2.85. The Labute approximate surface area is 78.1 Å². The first-order chi connectivity index (χ1) is 5.76. The fourth-order valence-electron chi connectivity index (χ4n) is 1.75. The Bertz CT molecular complexity index is 105. The summed E-state index contributed by atoms with van der Waals surface area (Å²) in [6.45, 7) is 10.7. The lowest BCUT2D eigenvalue weighted by atomic mass is 9.85. The van der Waals surface area contributed by atoms with Gasteiger partial charge in [0.15, 0.2) is 0 Å². The normalized spacial score (nSPS) is 15.6. The van der Waals surface area contributed by atoms with E-state index in [2.05, 4.69) is 27.4 Å². The van der Waals surface area contributed by atoms with Crippen molar-refractivity contribution in [3.63, 3.8) is 0 Å². The van der Waals surface area contributed by atoms with Gasteiger partial charge in [0.1, 0.15) is 0 Å². The topological polar surface area (TPSA) is 0 Å². The molecule has 0 aliphatic carbocycles. The highest BCUT2D eigenvalue weighted by Crippen LogP contribution is 2.25. The molecule has 0 aromatic rings. The van der Waals surface area contributed by atoms with Crippen LogP contribution in [-0.2, 0) is 0 Å². The smallest absolute Gasteiger partial charge is 0.0351 e. The zero-order valence-corrected chi connectivity index (χ0v) is 8.97. The lowest BCUT2D eigenvalue weighted by Crippen LogP contribution is -2.10. The fourth-order valence-corrected chi connectivity index (χ4v) is 1.75. The molecule has 0 N–H and O–H groups in total. The van der Waals surface area contributed by atoms with Crippen LogP contribution in [0.3, 0.4) is 0 Å². The second-order valence-electron chi connectivity index (χ2n) is 3.80. The molecular weight excluding hydrogens is 144 g/mol. The summed E-state index contributed by atoms with van der Waals surface area (Å²) in [7, 11) is 0. The van der Waals surface area contributed by atoms with Gasteiger partial charge in [-0.1, -0.05) is 46.1 Å². The van der Waals surface area contributed by atoms with Gasteiger partial charge in [-0.05, 0) is 24.7 Å². The first-order valence-corrected chi connectivity index (χ1v) is 5.37. The maximum atomic E-state index is 3.78. The minimum absolute atomic E-state index is 0.893. The Balaban J connectivity index is 3.75. The van der Waals surface area contributed by atoms with Gasteiger partial charge in [0.05, 0.1) is 0 Å². The van der Waals surface area contributed by atoms with Crippen molar-refractivity contribution < 1.29 is 0 Å². The van der Waals surface area contributed by atoms with E-state index in [0.717, 1.165) is 11.8 Å². The largest absolute Gasteiger partial charge is 0.103 e. The Morgan fingerprint density at radius 3 is 2.33 bits per heavy atom. The second-order valence-corrected chi connectivity index (χ2v) is 3.80. The number of allylic oxidation sites excluding steroid dienone is 1. The molecule has 0 bridgehead atoms. The second kappa shape index (κ2) is 7.39. The summed E-state index contributed by atoms with van der Waals surface area (Å²) in [5.74, 6) is 1.82. The summed E-state index contributed by atoms with van der Waals surface area (Å²) in [4.78, 5) is 0. The highest BCUT2D eigenvalue weighted by atomic mass is 14.2. The minimum atomic E-state index is 0.893. The van der Waals surface area contributed by atoms with Gasteiger partial charge in [0.25, 0.3) is 0 Å². The summed E-state index contributed by atoms with van der Waals surface area (Å²) in [5, 5.41) is 0. The molecule has 0 heteroatoms. The van der Waals surface area contributed by atoms with Gasteiger partial charge in [-0.3, -0.25) is 0 Å². The zero-order valence-electron chi connectivity index (χ0n) is 8.97. The molecule has 0 aliphatic heterocycles. The molecule has 72 valence electrons. The van der Waals surface area contributed by atoms with Crippen molar-refractivity contribution in [2.45, 2.75) is 52.9 Å². The van der Waals surface area contributed by atoms with Gasteiger partial charge in [0, 0.05) is 0 Å². The molecule has 0 rings (SSSR count). The van der Waals surface area contributed by atoms with E-state index in [-0.39, 0.29) is 0 Å². The van der Waals surface area contributed by atoms with E-state index in [1.54, 1.807) is 0 Å². The summed E-state index contributed by atoms with van der Waals surface area (Å²) < 4.78 is 0. The standard InChI is InChI=1S/C12H24/c1-5-8-10-12(9-6-2)11(4)7-3/h5,11-12H,1,6-10H2,2-4H3. The molecule has 0 aromatic heterocycles. The van der Waals surface area contributed by atoms with Gasteiger partial charge in [-0.2, -0.15) is 0 Å². The number of hydrogen-bond donors (Lipinski definition) is 0. The van der Waals surface area contributed by atoms with Crippen molar-refractivity contribution in [2.24, 2.45) is 11.8 Å². The van der Waals surface area contributed by atoms with Gasteiger partial charge in [-0.25, -0.2) is 0 Å². The quantitative estimate of drug-likeness (QED) is 0.494. The van der Waals surface area contributed by atoms with Crippen molar-refractivity contribution >= 4 is 0 Å². The van der Waals surface area contributed by atoms with Crippen LogP contribution in [0.4, 0.5) is 0 Å². The Morgan fingerprint density at radius 1 is 1.25 bits per heavy atom. The molecule has 0 aliphatic rings. The first-order valence-electron chi connectivity index (χ1n) is 5.37. The zero-order chi connectivity index (χ0) is 9.40. The van der Waals surface area contributed by atoms with Crippen LogP contribution in [0.15, 0.2) is 12.7 Å². The van der Waals surface area contributed by atoms with Crippen LogP contribution >= 0.6 is 0 Å². The molecule has 0 nitrogen and oxygen atoms in total. The number of hydrogen-bond acceptors (Lipinski definition) is 0. The van der Waals surface area contributed by atoms with Crippen LogP contribution in [0.25, 0.3) is 0 Å². The van der Waals surface area contributed by atoms with Gasteiger partial charge >= 0.3 is 0 Å². The van der Waals surface area contributed by atoms with E-state index in [1.807, 2.05) is 6.08 Å². The third-order valence-corrected chi connectivity index (χ3v) is 2.85. The van der Waals surface area contributed by atoms with E-state index >= 15 is 0 Å². The molecule has 0 heterocycles. The van der Waals surface area contributed by atoms with E-state index in [9.17, 15) is 0 Å². The van der Waals surface area contributed by atoms with E-state index in [4.69, 9.17) is 0 Å². The molecule has 12 heavy (non-hydrogen) atoms. The summed E-state index contributed by atoms with van der Waals surface area (Å²) in [6, 6.07) is 0. The highest BCUT2D eigenvalue weighted by Gasteiger charge is 2.13. The van der Waals surface area contributed by atoms with Gasteiger partial charge < -0.3 is 0 Å². The molecule has 0 radical (unpaired) electrons. The highest BCUT2D eigenvalue weighted by molar-refractivity contribution is 4.72. The lowest BCUT2D eigenvalue weighted by Gasteiger charge is -2.21. The molecule has 0 spiro atoms. The summed E-state index contributed by atoms with van der Waals surface area (Å²) in [5.41, 5.74) is 0. The van der Waals surface area contributed by atoms with Crippen LogP contribution in [0.2, 0.25) is 0 Å². The molecule has 0 saturated heterocycles. The van der Waals surface area contributed by atoms with Crippen molar-refractivity contribution in [1.29, 1.82) is 0 Å². The third kappa shape index (κ3) is 4.58. The lowest BCUT2D eigenvalue weighted by molar-refractivity contribution is 0.307. The summed E-state index contributed by atoms with van der Waals surface area (Å²) >= 11 is 0. The first kappa shape index (κ1) is 11.7. The SMILES string of the molecule is C=CCCC(CCC)C(C)CC. The molecule has 2 atom stereocenters. The Kier molecular flexibility index (Phi) is 7.23. The monoisotopic (exact) mass is 168 g/mol. The van der Waals surface area contributed by atoms with Gasteiger partial charge in [0.2, 0.25) is 0 Å². The molecule has 2 unspecified atom stereocenters. The predicted molar refractivity (Wildman–Crippen MR) is 57.3 cm³/mol. The average molecular weight is 168 g/mol. The van der Waals surface area contributed by atoms with Crippen molar-refractivity contribution in [1.82, 2.24) is 0 Å². The minimum Gasteiger partial charge on any atom is -0.103 e. The van der Waals surface area contributed by atoms with Gasteiger partial charge in [-0.15, -0.1) is 6.58 Å². The van der Waals surface area contributed by atoms with Crippen molar-refractivity contribution in [3.05, 3.63) is 12.7 Å². The predicted octanol–water partition coefficient (Wildman–Crippen LogP) is 4.42. The van der Waals surface area contributed by atoms with Crippen LogP contribution < -0.4 is 0 Å². The van der Waals surface area contributed by atoms with Crippen LogP contribution in [0.5, 0.6) is 0 Å². The average Bonchev–Trinajstić information content (AvgIpc) is 2.11. The molecule has 0 fully saturated rings. The van der Waals surface area contributed by atoms with E-state index in [0.29, 0.717) is 0 Å². The molecule has 0 amide bonds. The van der Waals surface area contributed by atoms with E-state index in [1.165, 1.54) is 32.1 Å². The van der Waals surface area contributed by atoms with Crippen LogP contribution in [0.1, 0.15) is 52.9 Å². The fraction of sp³-hybridized carbons (Fsp3) is 0.833. The molecular formula is C12H24. The Morgan fingerprint density at radius 2 is 1.92 bits per heavy atom. The van der Waals surface area contributed by atoms with E-state index < -0.39 is 0 Å². The maximum Gasteiger partial charge on any atom is -0.0351 e. The molecule has 0 aromatic carbocycles. The van der Waals surface area contributed by atoms with Crippen LogP contribution in [0, 0.1) is 11.8 Å².